The van der Waals surface area contributed by atoms with E-state index in [9.17, 15) is 0 Å². The van der Waals surface area contributed by atoms with Gasteiger partial charge < -0.3 is 4.57 Å². The van der Waals surface area contributed by atoms with Crippen molar-refractivity contribution in [1.82, 2.24) is 4.57 Å². The van der Waals surface area contributed by atoms with Crippen LogP contribution in [-0.2, 0) is 0 Å². The smallest absolute Gasteiger partial charge is 0.0547 e. The Labute approximate surface area is 320 Å². The molecule has 0 N–H and O–H groups in total. The molecule has 0 saturated carbocycles. The number of fused-ring (bicyclic) bond motifs is 6. The first-order valence-corrected chi connectivity index (χ1v) is 19.8. The number of nitrogens with zero attached hydrogens (tertiary/aromatic N) is 1. The topological polar surface area (TPSA) is 4.93 Å². The van der Waals surface area contributed by atoms with E-state index in [1.807, 2.05) is 11.3 Å². The summed E-state index contributed by atoms with van der Waals surface area (Å²) in [5.41, 5.74) is 15.3. The number of hydrogen-bond acceptors (Lipinski definition) is 1. The Kier molecular flexibility index (Phi) is 8.00. The molecule has 1 unspecified atom stereocenters. The highest BCUT2D eigenvalue weighted by Gasteiger charge is 2.22. The molecule has 0 radical (unpaired) electrons. The van der Waals surface area contributed by atoms with Gasteiger partial charge in [0.2, 0.25) is 0 Å². The van der Waals surface area contributed by atoms with Gasteiger partial charge in [-0.25, -0.2) is 0 Å². The minimum atomic E-state index is 0.244. The van der Waals surface area contributed by atoms with Crippen LogP contribution >= 0.6 is 11.3 Å². The van der Waals surface area contributed by atoms with Gasteiger partial charge in [0, 0.05) is 42.6 Å². The summed E-state index contributed by atoms with van der Waals surface area (Å²) in [4.78, 5) is 0. The standard InChI is InChI=1S/C52H39NS/c1-3-40(38-31-47(35-16-6-4-7-17-35)52-48(32-38)46-23-13-15-25-51(46)54-52)42-20-10-11-21-43(42)41-28-26-36(30-34(41)2)37-27-29-45-44-22-12-14-24-49(44)53(50(45)33-37)39-18-8-5-9-19-39/h4-33,40H,3H2,1-2H3. The van der Waals surface area contributed by atoms with Crippen molar-refractivity contribution in [2.45, 2.75) is 26.2 Å². The van der Waals surface area contributed by atoms with Crippen molar-refractivity contribution in [3.8, 4) is 39.1 Å². The number of hydrogen-bond donors (Lipinski definition) is 0. The average Bonchev–Trinajstić information content (AvgIpc) is 3.77. The summed E-state index contributed by atoms with van der Waals surface area (Å²) in [5, 5.41) is 5.24. The van der Waals surface area contributed by atoms with Crippen molar-refractivity contribution >= 4 is 53.3 Å². The zero-order chi connectivity index (χ0) is 36.2. The van der Waals surface area contributed by atoms with Gasteiger partial charge in [0.05, 0.1) is 11.0 Å². The second-order valence-electron chi connectivity index (χ2n) is 14.4. The first-order chi connectivity index (χ1) is 26.7. The Morgan fingerprint density at radius 1 is 0.481 bits per heavy atom. The summed E-state index contributed by atoms with van der Waals surface area (Å²) in [5.74, 6) is 0.244. The molecule has 258 valence electrons. The minimum Gasteiger partial charge on any atom is -0.309 e. The molecule has 8 aromatic carbocycles. The van der Waals surface area contributed by atoms with Gasteiger partial charge in [-0.2, -0.15) is 0 Å². The average molecular weight is 710 g/mol. The molecule has 2 heterocycles. The predicted octanol–water partition coefficient (Wildman–Crippen LogP) is 15.0. The summed E-state index contributed by atoms with van der Waals surface area (Å²) >= 11 is 1.91. The van der Waals surface area contributed by atoms with Crippen molar-refractivity contribution in [2.75, 3.05) is 0 Å². The molecule has 0 bridgehead atoms. The molecule has 10 aromatic rings. The molecule has 10 rings (SSSR count). The second kappa shape index (κ2) is 13.3. The molecule has 0 saturated heterocycles. The van der Waals surface area contributed by atoms with Crippen LogP contribution in [0, 0.1) is 6.92 Å². The molecule has 0 aliphatic carbocycles. The van der Waals surface area contributed by atoms with E-state index < -0.39 is 0 Å². The molecule has 0 amide bonds. The van der Waals surface area contributed by atoms with Crippen molar-refractivity contribution < 1.29 is 0 Å². The Bertz CT molecular complexity index is 2980. The molecule has 0 fully saturated rings. The van der Waals surface area contributed by atoms with Crippen LogP contribution < -0.4 is 0 Å². The van der Waals surface area contributed by atoms with E-state index in [1.54, 1.807) is 0 Å². The molecule has 0 aliphatic heterocycles. The van der Waals surface area contributed by atoms with Crippen LogP contribution in [0.3, 0.4) is 0 Å². The number of para-hydroxylation sites is 2. The van der Waals surface area contributed by atoms with Crippen LogP contribution in [0.1, 0.15) is 36.0 Å². The zero-order valence-electron chi connectivity index (χ0n) is 30.5. The number of aromatic nitrogens is 1. The Balaban J connectivity index is 1.08. The third-order valence-corrected chi connectivity index (χ3v) is 12.5. The highest BCUT2D eigenvalue weighted by molar-refractivity contribution is 7.26. The number of aryl methyl sites for hydroxylation is 1. The van der Waals surface area contributed by atoms with Gasteiger partial charge in [-0.15, -0.1) is 11.3 Å². The summed E-state index contributed by atoms with van der Waals surface area (Å²) in [6, 6.07) is 67.2. The van der Waals surface area contributed by atoms with Crippen LogP contribution in [0.2, 0.25) is 0 Å². The van der Waals surface area contributed by atoms with Gasteiger partial charge in [-0.1, -0.05) is 146 Å². The van der Waals surface area contributed by atoms with E-state index in [0.29, 0.717) is 0 Å². The molecular weight excluding hydrogens is 671 g/mol. The zero-order valence-corrected chi connectivity index (χ0v) is 31.3. The van der Waals surface area contributed by atoms with Crippen LogP contribution in [0.25, 0.3) is 81.0 Å². The van der Waals surface area contributed by atoms with E-state index >= 15 is 0 Å². The third-order valence-electron chi connectivity index (χ3n) is 11.3. The van der Waals surface area contributed by atoms with Gasteiger partial charge in [-0.3, -0.25) is 0 Å². The molecule has 2 aromatic heterocycles. The molecule has 0 spiro atoms. The molecular formula is C52H39NS. The maximum atomic E-state index is 2.48. The summed E-state index contributed by atoms with van der Waals surface area (Å²) in [6.07, 6.45) is 1.01. The lowest BCUT2D eigenvalue weighted by molar-refractivity contribution is 0.780. The lowest BCUT2D eigenvalue weighted by Gasteiger charge is -2.22. The maximum absolute atomic E-state index is 2.48. The van der Waals surface area contributed by atoms with E-state index in [2.05, 4.69) is 200 Å². The number of rotatable bonds is 7. The lowest BCUT2D eigenvalue weighted by atomic mass is 9.82. The van der Waals surface area contributed by atoms with E-state index in [-0.39, 0.29) is 5.92 Å². The molecule has 2 heteroatoms. The van der Waals surface area contributed by atoms with Crippen molar-refractivity contribution in [3.63, 3.8) is 0 Å². The Morgan fingerprint density at radius 3 is 1.96 bits per heavy atom. The monoisotopic (exact) mass is 709 g/mol. The normalized spacial score (nSPS) is 12.3. The van der Waals surface area contributed by atoms with Gasteiger partial charge in [0.25, 0.3) is 0 Å². The van der Waals surface area contributed by atoms with Gasteiger partial charge >= 0.3 is 0 Å². The quantitative estimate of drug-likeness (QED) is 0.155. The van der Waals surface area contributed by atoms with E-state index in [4.69, 9.17) is 0 Å². The Hall–Kier alpha value is -6.22. The summed E-state index contributed by atoms with van der Waals surface area (Å²) < 4.78 is 5.10. The van der Waals surface area contributed by atoms with Crippen LogP contribution in [0.5, 0.6) is 0 Å². The van der Waals surface area contributed by atoms with Crippen molar-refractivity contribution in [2.24, 2.45) is 0 Å². The SMILES string of the molecule is CCC(c1cc(-c2ccccc2)c2sc3ccccc3c2c1)c1ccccc1-c1ccc(-c2ccc3c4ccccc4n(-c4ccccc4)c3c2)cc1C. The largest absolute Gasteiger partial charge is 0.309 e. The lowest BCUT2D eigenvalue weighted by Crippen LogP contribution is -2.03. The third kappa shape index (κ3) is 5.37. The number of benzene rings is 8. The molecule has 54 heavy (non-hydrogen) atoms. The first-order valence-electron chi connectivity index (χ1n) is 19.0. The number of thiophene rings is 1. The van der Waals surface area contributed by atoms with E-state index in [0.717, 1.165) is 6.42 Å². The van der Waals surface area contributed by atoms with Gasteiger partial charge in [0.1, 0.15) is 0 Å². The first kappa shape index (κ1) is 32.4. The van der Waals surface area contributed by atoms with Crippen LogP contribution in [-0.4, -0.2) is 4.57 Å². The van der Waals surface area contributed by atoms with Crippen LogP contribution in [0.15, 0.2) is 182 Å². The second-order valence-corrected chi connectivity index (χ2v) is 15.5. The minimum absolute atomic E-state index is 0.244. The van der Waals surface area contributed by atoms with Crippen LogP contribution in [0.4, 0.5) is 0 Å². The molecule has 1 nitrogen and oxygen atoms in total. The summed E-state index contributed by atoms with van der Waals surface area (Å²) in [7, 11) is 0. The van der Waals surface area contributed by atoms with Crippen molar-refractivity contribution in [1.29, 1.82) is 0 Å². The fourth-order valence-electron chi connectivity index (χ4n) is 8.71. The fourth-order valence-corrected chi connectivity index (χ4v) is 9.93. The highest BCUT2D eigenvalue weighted by Crippen LogP contribution is 2.45. The molecule has 0 aliphatic rings. The molecule has 1 atom stereocenters. The van der Waals surface area contributed by atoms with Gasteiger partial charge in [0.15, 0.2) is 0 Å². The maximum Gasteiger partial charge on any atom is 0.0547 e. The highest BCUT2D eigenvalue weighted by atomic mass is 32.1. The van der Waals surface area contributed by atoms with Crippen molar-refractivity contribution in [3.05, 3.63) is 199 Å². The van der Waals surface area contributed by atoms with Gasteiger partial charge in [-0.05, 0) is 106 Å². The van der Waals surface area contributed by atoms with E-state index in [1.165, 1.54) is 97.7 Å². The fraction of sp³-hybridized carbons (Fsp3) is 0.0769. The summed E-state index contributed by atoms with van der Waals surface area (Å²) in [6.45, 7) is 4.60. The Morgan fingerprint density at radius 2 is 1.15 bits per heavy atom. The predicted molar refractivity (Wildman–Crippen MR) is 233 cm³/mol.